The van der Waals surface area contributed by atoms with Crippen LogP contribution in [0.5, 0.6) is 0 Å². The van der Waals surface area contributed by atoms with Crippen LogP contribution in [-0.2, 0) is 9.59 Å². The van der Waals surface area contributed by atoms with Crippen LogP contribution in [0.4, 0.5) is 5.69 Å². The molecular formula is C16H19N3O2. The number of nitrogens with zero attached hydrogens (tertiary/aromatic N) is 2. The van der Waals surface area contributed by atoms with Crippen molar-refractivity contribution >= 4 is 23.6 Å². The third kappa shape index (κ3) is 5.49. The minimum Gasteiger partial charge on any atom is -0.338 e. The van der Waals surface area contributed by atoms with Gasteiger partial charge in [0.05, 0.1) is 12.5 Å². The molecule has 21 heavy (non-hydrogen) atoms. The van der Waals surface area contributed by atoms with Crippen molar-refractivity contribution in [1.82, 2.24) is 4.90 Å². The van der Waals surface area contributed by atoms with Crippen molar-refractivity contribution in [3.8, 4) is 6.07 Å². The van der Waals surface area contributed by atoms with E-state index in [1.807, 2.05) is 25.1 Å². The number of carbonyl (C=O) groups is 2. The van der Waals surface area contributed by atoms with Gasteiger partial charge in [0.1, 0.15) is 0 Å². The second kappa shape index (κ2) is 7.85. The van der Waals surface area contributed by atoms with Gasteiger partial charge in [-0.15, -0.1) is 0 Å². The molecule has 1 unspecified atom stereocenters. The third-order valence-electron chi connectivity index (χ3n) is 3.04. The van der Waals surface area contributed by atoms with Crippen LogP contribution >= 0.6 is 0 Å². The lowest BCUT2D eigenvalue weighted by molar-refractivity contribution is -0.126. The lowest BCUT2D eigenvalue weighted by Crippen LogP contribution is -2.33. The van der Waals surface area contributed by atoms with Crippen molar-refractivity contribution in [3.05, 3.63) is 35.9 Å². The summed E-state index contributed by atoms with van der Waals surface area (Å²) in [7, 11) is 1.68. The van der Waals surface area contributed by atoms with Crippen molar-refractivity contribution in [3.63, 3.8) is 0 Å². The lowest BCUT2D eigenvalue weighted by atomic mass is 10.1. The molecule has 0 aliphatic rings. The predicted octanol–water partition coefficient (Wildman–Crippen LogP) is 2.42. The number of carbonyl (C=O) groups excluding carboxylic acids is 2. The van der Waals surface area contributed by atoms with Gasteiger partial charge in [0.15, 0.2) is 0 Å². The molecule has 1 atom stereocenters. The Morgan fingerprint density at radius 1 is 1.38 bits per heavy atom. The van der Waals surface area contributed by atoms with E-state index in [1.165, 1.54) is 17.9 Å². The lowest BCUT2D eigenvalue weighted by Gasteiger charge is -2.21. The number of hydrogen-bond donors (Lipinski definition) is 1. The molecule has 5 nitrogen and oxygen atoms in total. The van der Waals surface area contributed by atoms with Gasteiger partial charge in [-0.1, -0.05) is 12.1 Å². The van der Waals surface area contributed by atoms with Crippen molar-refractivity contribution < 1.29 is 9.59 Å². The quantitative estimate of drug-likeness (QED) is 0.844. The van der Waals surface area contributed by atoms with E-state index in [0.717, 1.165) is 5.56 Å². The van der Waals surface area contributed by atoms with Gasteiger partial charge in [-0.3, -0.25) is 9.59 Å². The average Bonchev–Trinajstić information content (AvgIpc) is 2.45. The van der Waals surface area contributed by atoms with Crippen LogP contribution < -0.4 is 5.32 Å². The fourth-order valence-electron chi connectivity index (χ4n) is 1.65. The van der Waals surface area contributed by atoms with E-state index in [-0.39, 0.29) is 17.9 Å². The molecular weight excluding hydrogens is 266 g/mol. The molecule has 1 rings (SSSR count). The summed E-state index contributed by atoms with van der Waals surface area (Å²) >= 11 is 0. The van der Waals surface area contributed by atoms with Crippen molar-refractivity contribution in [2.24, 2.45) is 0 Å². The highest BCUT2D eigenvalue weighted by molar-refractivity contribution is 5.92. The van der Waals surface area contributed by atoms with E-state index < -0.39 is 0 Å². The van der Waals surface area contributed by atoms with E-state index in [2.05, 4.69) is 5.32 Å². The molecule has 0 fully saturated rings. The summed E-state index contributed by atoms with van der Waals surface area (Å²) < 4.78 is 0. The maximum absolute atomic E-state index is 11.9. The second-order valence-corrected chi connectivity index (χ2v) is 4.80. The molecule has 1 N–H and O–H groups in total. The van der Waals surface area contributed by atoms with Gasteiger partial charge in [0.2, 0.25) is 11.8 Å². The molecule has 1 aromatic rings. The van der Waals surface area contributed by atoms with Crippen molar-refractivity contribution in [2.75, 3.05) is 12.4 Å². The van der Waals surface area contributed by atoms with Crippen LogP contribution in [0.2, 0.25) is 0 Å². The zero-order valence-electron chi connectivity index (χ0n) is 12.5. The van der Waals surface area contributed by atoms with E-state index in [0.29, 0.717) is 12.1 Å². The second-order valence-electron chi connectivity index (χ2n) is 4.80. The van der Waals surface area contributed by atoms with Crippen LogP contribution in [-0.4, -0.2) is 29.8 Å². The molecule has 0 aliphatic carbocycles. The largest absolute Gasteiger partial charge is 0.338 e. The highest BCUT2D eigenvalue weighted by atomic mass is 16.2. The number of benzene rings is 1. The van der Waals surface area contributed by atoms with Crippen LogP contribution in [0.1, 0.15) is 25.8 Å². The Labute approximate surface area is 124 Å². The molecule has 0 saturated heterocycles. The Balaban J connectivity index is 2.66. The zero-order chi connectivity index (χ0) is 15.8. The number of nitriles is 1. The smallest absolute Gasteiger partial charge is 0.246 e. The molecule has 2 amide bonds. The number of anilines is 1. The first-order chi connectivity index (χ1) is 9.93. The molecule has 110 valence electrons. The molecule has 0 aliphatic heterocycles. The van der Waals surface area contributed by atoms with Crippen LogP contribution in [0.25, 0.3) is 6.08 Å². The van der Waals surface area contributed by atoms with Gasteiger partial charge in [-0.05, 0) is 30.7 Å². The SMILES string of the molecule is CC(=O)Nc1ccc(C=CC(=O)N(C)C(C)CC#N)cc1. The Morgan fingerprint density at radius 3 is 2.52 bits per heavy atom. The average molecular weight is 285 g/mol. The van der Waals surface area contributed by atoms with E-state index >= 15 is 0 Å². The molecule has 0 bridgehead atoms. The van der Waals surface area contributed by atoms with Crippen LogP contribution in [0, 0.1) is 11.3 Å². The van der Waals surface area contributed by atoms with Gasteiger partial charge in [-0.2, -0.15) is 5.26 Å². The molecule has 0 spiro atoms. The number of hydrogen-bond acceptors (Lipinski definition) is 3. The van der Waals surface area contributed by atoms with Crippen LogP contribution in [0.15, 0.2) is 30.3 Å². The minimum atomic E-state index is -0.149. The van der Waals surface area contributed by atoms with Gasteiger partial charge < -0.3 is 10.2 Å². The first-order valence-electron chi connectivity index (χ1n) is 6.63. The fraction of sp³-hybridized carbons (Fsp3) is 0.312. The Morgan fingerprint density at radius 2 is 2.00 bits per heavy atom. The monoisotopic (exact) mass is 285 g/mol. The van der Waals surface area contributed by atoms with Crippen molar-refractivity contribution in [1.29, 1.82) is 5.26 Å². The first kappa shape index (κ1) is 16.4. The zero-order valence-corrected chi connectivity index (χ0v) is 12.5. The number of nitrogens with one attached hydrogen (secondary N) is 1. The maximum Gasteiger partial charge on any atom is 0.246 e. The number of likely N-dealkylation sites (N-methyl/N-ethyl adjacent to an activating group) is 1. The standard InChI is InChI=1S/C16H19N3O2/c1-12(10-11-17)19(3)16(21)9-6-14-4-7-15(8-5-14)18-13(2)20/h4-9,12H,10H2,1-3H3,(H,18,20). The minimum absolute atomic E-state index is 0.116. The highest BCUT2D eigenvalue weighted by Gasteiger charge is 2.12. The highest BCUT2D eigenvalue weighted by Crippen LogP contribution is 2.11. The molecule has 0 heterocycles. The summed E-state index contributed by atoms with van der Waals surface area (Å²) in [5.41, 5.74) is 1.57. The van der Waals surface area contributed by atoms with Crippen molar-refractivity contribution in [2.45, 2.75) is 26.3 Å². The number of amides is 2. The topological polar surface area (TPSA) is 73.2 Å². The Bertz CT molecular complexity index is 570. The Kier molecular flexibility index (Phi) is 6.15. The number of rotatable bonds is 5. The van der Waals surface area contributed by atoms with E-state index in [9.17, 15) is 9.59 Å². The molecule has 0 aromatic heterocycles. The van der Waals surface area contributed by atoms with Crippen LogP contribution in [0.3, 0.4) is 0 Å². The predicted molar refractivity (Wildman–Crippen MR) is 82.2 cm³/mol. The summed E-state index contributed by atoms with van der Waals surface area (Å²) in [5, 5.41) is 11.3. The van der Waals surface area contributed by atoms with Gasteiger partial charge in [0, 0.05) is 31.8 Å². The van der Waals surface area contributed by atoms with Gasteiger partial charge in [0.25, 0.3) is 0 Å². The summed E-state index contributed by atoms with van der Waals surface area (Å²) in [5.74, 6) is -0.273. The van der Waals surface area contributed by atoms with E-state index in [4.69, 9.17) is 5.26 Å². The molecule has 5 heteroatoms. The molecule has 1 aromatic carbocycles. The summed E-state index contributed by atoms with van der Waals surface area (Å²) in [6.07, 6.45) is 3.48. The summed E-state index contributed by atoms with van der Waals surface area (Å²) in [4.78, 5) is 24.4. The maximum atomic E-state index is 11.9. The fourth-order valence-corrected chi connectivity index (χ4v) is 1.65. The third-order valence-corrected chi connectivity index (χ3v) is 3.04. The van der Waals surface area contributed by atoms with E-state index in [1.54, 1.807) is 25.3 Å². The molecule has 0 saturated carbocycles. The Hall–Kier alpha value is -2.61. The van der Waals surface area contributed by atoms with Gasteiger partial charge in [-0.25, -0.2) is 0 Å². The normalized spacial score (nSPS) is 11.7. The first-order valence-corrected chi connectivity index (χ1v) is 6.63. The van der Waals surface area contributed by atoms with Gasteiger partial charge >= 0.3 is 0 Å². The molecule has 0 radical (unpaired) electrons. The summed E-state index contributed by atoms with van der Waals surface area (Å²) in [6, 6.07) is 9.10. The summed E-state index contributed by atoms with van der Waals surface area (Å²) in [6.45, 7) is 3.28.